The fraction of sp³-hybridized carbons (Fsp3) is 0.500. The lowest BCUT2D eigenvalue weighted by Crippen LogP contribution is -2.48. The summed E-state index contributed by atoms with van der Waals surface area (Å²) >= 11 is 0. The standard InChI is InChI=1S/C14H17F2N3/c1-14(11-5-4-10(15)6-12(11)16)8-18-13(17)19(14)7-9-2-3-9/h4-6,9H,2-3,7-8H2,1H3,(H2,17,18). The minimum Gasteiger partial charge on any atom is -0.370 e. The van der Waals surface area contributed by atoms with Gasteiger partial charge in [-0.3, -0.25) is 4.99 Å². The molecule has 1 aromatic rings. The normalized spacial score (nSPS) is 26.7. The summed E-state index contributed by atoms with van der Waals surface area (Å²) in [5, 5.41) is 0. The Morgan fingerprint density at radius 2 is 2.16 bits per heavy atom. The van der Waals surface area contributed by atoms with Gasteiger partial charge in [-0.15, -0.1) is 0 Å². The van der Waals surface area contributed by atoms with Crippen molar-refractivity contribution >= 4 is 5.96 Å². The molecule has 102 valence electrons. The molecule has 1 aliphatic heterocycles. The summed E-state index contributed by atoms with van der Waals surface area (Å²) < 4.78 is 27.1. The summed E-state index contributed by atoms with van der Waals surface area (Å²) in [6.07, 6.45) is 2.37. The summed E-state index contributed by atoms with van der Waals surface area (Å²) in [5.41, 5.74) is 5.78. The van der Waals surface area contributed by atoms with Gasteiger partial charge in [0.15, 0.2) is 5.96 Å². The van der Waals surface area contributed by atoms with E-state index in [1.807, 2.05) is 11.8 Å². The zero-order valence-corrected chi connectivity index (χ0v) is 10.9. The SMILES string of the molecule is CC1(c2ccc(F)cc2F)CN=C(N)N1CC1CC1. The zero-order valence-electron chi connectivity index (χ0n) is 10.9. The van der Waals surface area contributed by atoms with Crippen molar-refractivity contribution < 1.29 is 8.78 Å². The van der Waals surface area contributed by atoms with E-state index >= 15 is 0 Å². The van der Waals surface area contributed by atoms with Crippen LogP contribution in [0.25, 0.3) is 0 Å². The van der Waals surface area contributed by atoms with Gasteiger partial charge in [-0.05, 0) is 31.7 Å². The van der Waals surface area contributed by atoms with Gasteiger partial charge in [0.2, 0.25) is 0 Å². The van der Waals surface area contributed by atoms with E-state index in [1.165, 1.54) is 25.0 Å². The average Bonchev–Trinajstić information content (AvgIpc) is 3.11. The highest BCUT2D eigenvalue weighted by molar-refractivity contribution is 5.81. The van der Waals surface area contributed by atoms with Gasteiger partial charge >= 0.3 is 0 Å². The molecule has 1 aliphatic carbocycles. The molecule has 0 bridgehead atoms. The lowest BCUT2D eigenvalue weighted by atomic mass is 9.90. The van der Waals surface area contributed by atoms with Crippen LogP contribution in [0.15, 0.2) is 23.2 Å². The molecule has 1 fully saturated rings. The van der Waals surface area contributed by atoms with Crippen molar-refractivity contribution in [2.75, 3.05) is 13.1 Å². The maximum absolute atomic E-state index is 14.0. The number of nitrogens with two attached hydrogens (primary N) is 1. The highest BCUT2D eigenvalue weighted by atomic mass is 19.1. The summed E-state index contributed by atoms with van der Waals surface area (Å²) in [6, 6.07) is 3.70. The summed E-state index contributed by atoms with van der Waals surface area (Å²) in [6.45, 7) is 3.12. The Balaban J connectivity index is 1.96. The highest BCUT2D eigenvalue weighted by Crippen LogP contribution is 2.38. The Kier molecular flexibility index (Phi) is 2.73. The van der Waals surface area contributed by atoms with Crippen LogP contribution in [0.2, 0.25) is 0 Å². The summed E-state index contributed by atoms with van der Waals surface area (Å²) in [7, 11) is 0. The van der Waals surface area contributed by atoms with Crippen molar-refractivity contribution in [3.05, 3.63) is 35.4 Å². The fourth-order valence-corrected chi connectivity index (χ4v) is 2.67. The van der Waals surface area contributed by atoms with Crippen molar-refractivity contribution in [1.82, 2.24) is 4.90 Å². The molecule has 0 aromatic heterocycles. The predicted molar refractivity (Wildman–Crippen MR) is 69.6 cm³/mol. The molecule has 0 spiro atoms. The maximum atomic E-state index is 14.0. The second-order valence-corrected chi connectivity index (χ2v) is 5.63. The van der Waals surface area contributed by atoms with E-state index in [4.69, 9.17) is 5.73 Å². The van der Waals surface area contributed by atoms with Crippen LogP contribution in [0.5, 0.6) is 0 Å². The largest absolute Gasteiger partial charge is 0.370 e. The topological polar surface area (TPSA) is 41.6 Å². The first kappa shape index (κ1) is 12.4. The molecule has 1 heterocycles. The third-order valence-electron chi connectivity index (χ3n) is 4.07. The first-order valence-corrected chi connectivity index (χ1v) is 6.54. The van der Waals surface area contributed by atoms with Crippen molar-refractivity contribution in [1.29, 1.82) is 0 Å². The van der Waals surface area contributed by atoms with E-state index in [1.54, 1.807) is 0 Å². The number of aliphatic imine (C=N–C) groups is 1. The smallest absolute Gasteiger partial charge is 0.192 e. The molecule has 1 unspecified atom stereocenters. The molecule has 1 saturated carbocycles. The van der Waals surface area contributed by atoms with Gasteiger partial charge in [-0.1, -0.05) is 6.07 Å². The Hall–Kier alpha value is -1.65. The first-order chi connectivity index (χ1) is 9.00. The molecule has 5 heteroatoms. The minimum atomic E-state index is -0.607. The average molecular weight is 265 g/mol. The molecule has 0 amide bonds. The monoisotopic (exact) mass is 265 g/mol. The molecule has 2 N–H and O–H groups in total. The Morgan fingerprint density at radius 1 is 1.42 bits per heavy atom. The first-order valence-electron chi connectivity index (χ1n) is 6.54. The fourth-order valence-electron chi connectivity index (χ4n) is 2.67. The number of halogens is 2. The van der Waals surface area contributed by atoms with E-state index in [0.29, 0.717) is 24.0 Å². The number of hydrogen-bond acceptors (Lipinski definition) is 3. The van der Waals surface area contributed by atoms with Gasteiger partial charge < -0.3 is 10.6 Å². The molecule has 1 atom stereocenters. The molecule has 3 rings (SSSR count). The van der Waals surface area contributed by atoms with Crippen LogP contribution in [0.3, 0.4) is 0 Å². The van der Waals surface area contributed by atoms with Crippen LogP contribution in [0, 0.1) is 17.6 Å². The van der Waals surface area contributed by atoms with Crippen molar-refractivity contribution in [2.45, 2.75) is 25.3 Å². The summed E-state index contributed by atoms with van der Waals surface area (Å²) in [5.74, 6) is -0.0218. The molecule has 0 saturated heterocycles. The lowest BCUT2D eigenvalue weighted by molar-refractivity contribution is 0.210. The van der Waals surface area contributed by atoms with Crippen molar-refractivity contribution in [2.24, 2.45) is 16.6 Å². The molecule has 19 heavy (non-hydrogen) atoms. The van der Waals surface area contributed by atoms with Crippen LogP contribution >= 0.6 is 0 Å². The zero-order chi connectivity index (χ0) is 13.6. The van der Waals surface area contributed by atoms with Crippen molar-refractivity contribution in [3.8, 4) is 0 Å². The quantitative estimate of drug-likeness (QED) is 0.910. The van der Waals surface area contributed by atoms with E-state index in [2.05, 4.69) is 4.99 Å². The van der Waals surface area contributed by atoms with Crippen LogP contribution in [0.4, 0.5) is 8.78 Å². The maximum Gasteiger partial charge on any atom is 0.192 e. The molecule has 0 radical (unpaired) electrons. The van der Waals surface area contributed by atoms with Gasteiger partial charge in [-0.2, -0.15) is 0 Å². The predicted octanol–water partition coefficient (Wildman–Crippen LogP) is 2.22. The van der Waals surface area contributed by atoms with Crippen LogP contribution in [-0.2, 0) is 5.54 Å². The Morgan fingerprint density at radius 3 is 2.79 bits per heavy atom. The van der Waals surface area contributed by atoms with E-state index in [9.17, 15) is 8.78 Å². The van der Waals surface area contributed by atoms with Crippen LogP contribution in [-0.4, -0.2) is 23.9 Å². The van der Waals surface area contributed by atoms with Gasteiger partial charge in [-0.25, -0.2) is 8.78 Å². The van der Waals surface area contributed by atoms with Gasteiger partial charge in [0, 0.05) is 18.2 Å². The highest BCUT2D eigenvalue weighted by Gasteiger charge is 2.43. The molecular weight excluding hydrogens is 248 g/mol. The number of hydrogen-bond donors (Lipinski definition) is 1. The molecule has 1 aromatic carbocycles. The van der Waals surface area contributed by atoms with Gasteiger partial charge in [0.05, 0.1) is 12.1 Å². The third-order valence-corrected chi connectivity index (χ3v) is 4.07. The number of guanidine groups is 1. The van der Waals surface area contributed by atoms with Gasteiger partial charge in [0.1, 0.15) is 11.6 Å². The van der Waals surface area contributed by atoms with E-state index < -0.39 is 17.2 Å². The van der Waals surface area contributed by atoms with E-state index in [-0.39, 0.29) is 0 Å². The molecule has 3 nitrogen and oxygen atoms in total. The number of nitrogens with zero attached hydrogens (tertiary/aromatic N) is 2. The van der Waals surface area contributed by atoms with Crippen molar-refractivity contribution in [3.63, 3.8) is 0 Å². The Bertz CT molecular complexity index is 539. The summed E-state index contributed by atoms with van der Waals surface area (Å²) in [4.78, 5) is 6.21. The van der Waals surface area contributed by atoms with Crippen LogP contribution < -0.4 is 5.73 Å². The lowest BCUT2D eigenvalue weighted by Gasteiger charge is -2.37. The molecular formula is C14H17F2N3. The Labute approximate surface area is 111 Å². The molecule has 2 aliphatic rings. The minimum absolute atomic E-state index is 0.411. The third kappa shape index (κ3) is 2.07. The van der Waals surface area contributed by atoms with Gasteiger partial charge in [0.25, 0.3) is 0 Å². The second kappa shape index (κ2) is 4.18. The number of benzene rings is 1. The second-order valence-electron chi connectivity index (χ2n) is 5.63. The van der Waals surface area contributed by atoms with E-state index in [0.717, 1.165) is 12.6 Å². The number of rotatable bonds is 3. The van der Waals surface area contributed by atoms with Crippen LogP contribution in [0.1, 0.15) is 25.3 Å².